The lowest BCUT2D eigenvalue weighted by molar-refractivity contribution is 0.344. The average Bonchev–Trinajstić information content (AvgIpc) is 2.87. The molecule has 0 amide bonds. The molecule has 2 aromatic rings. The molecule has 1 aromatic carbocycles. The Morgan fingerprint density at radius 3 is 3.10 bits per heavy atom. The van der Waals surface area contributed by atoms with Crippen molar-refractivity contribution in [3.05, 3.63) is 40.9 Å². The third kappa shape index (κ3) is 4.89. The van der Waals surface area contributed by atoms with E-state index in [2.05, 4.69) is 22.2 Å². The lowest BCUT2D eigenvalue weighted by atomic mass is 10.2. The Hall–Kier alpha value is -1.48. The van der Waals surface area contributed by atoms with Gasteiger partial charge in [-0.25, -0.2) is 4.98 Å². The van der Waals surface area contributed by atoms with Crippen molar-refractivity contribution >= 4 is 23.1 Å². The summed E-state index contributed by atoms with van der Waals surface area (Å²) in [5.74, 6) is 7.55. The van der Waals surface area contributed by atoms with E-state index >= 15 is 0 Å². The van der Waals surface area contributed by atoms with Crippen molar-refractivity contribution in [3.63, 3.8) is 0 Å². The van der Waals surface area contributed by atoms with E-state index in [-0.39, 0.29) is 0 Å². The predicted octanol–water partition coefficient (Wildman–Crippen LogP) is 2.93. The van der Waals surface area contributed by atoms with Crippen LogP contribution in [0.1, 0.15) is 11.3 Å². The Morgan fingerprint density at radius 1 is 1.45 bits per heavy atom. The van der Waals surface area contributed by atoms with Gasteiger partial charge in [-0.15, -0.1) is 11.3 Å². The lowest BCUT2D eigenvalue weighted by Gasteiger charge is -2.05. The van der Waals surface area contributed by atoms with E-state index in [1.807, 2.05) is 31.2 Å². The molecule has 0 saturated carbocycles. The van der Waals surface area contributed by atoms with Crippen molar-refractivity contribution < 1.29 is 4.74 Å². The number of hydrogen-bond donors (Lipinski definition) is 1. The molecule has 0 aliphatic rings. The van der Waals surface area contributed by atoms with Crippen molar-refractivity contribution in [1.82, 2.24) is 4.98 Å². The molecular weight excluding hydrogens is 288 g/mol. The molecule has 0 bridgehead atoms. The number of nitrogens with two attached hydrogens (primary N) is 1. The van der Waals surface area contributed by atoms with Crippen LogP contribution >= 0.6 is 23.1 Å². The second kappa shape index (κ2) is 7.95. The van der Waals surface area contributed by atoms with Crippen LogP contribution in [0.4, 0.5) is 0 Å². The van der Waals surface area contributed by atoms with Crippen LogP contribution in [0.25, 0.3) is 0 Å². The molecule has 0 aliphatic heterocycles. The van der Waals surface area contributed by atoms with Gasteiger partial charge in [-0.1, -0.05) is 29.7 Å². The zero-order chi connectivity index (χ0) is 14.2. The Morgan fingerprint density at radius 2 is 2.35 bits per heavy atom. The maximum Gasteiger partial charge on any atom is 0.150 e. The van der Waals surface area contributed by atoms with E-state index in [0.717, 1.165) is 27.1 Å². The lowest BCUT2D eigenvalue weighted by Crippen LogP contribution is -2.00. The molecule has 0 fully saturated rings. The first-order valence-electron chi connectivity index (χ1n) is 6.24. The summed E-state index contributed by atoms with van der Waals surface area (Å²) in [4.78, 5) is 4.40. The third-order valence-electron chi connectivity index (χ3n) is 2.34. The Kier molecular flexibility index (Phi) is 5.93. The standard InChI is InChI=1S/C15H16N2OS2/c1-12-11-20-15(17-12)19-9-8-18-14-6-2-4-13(10-14)5-3-7-16/h2,4,6,10-11H,7-9,16H2,1H3. The Labute approximate surface area is 127 Å². The van der Waals surface area contributed by atoms with E-state index in [1.54, 1.807) is 23.1 Å². The van der Waals surface area contributed by atoms with E-state index in [9.17, 15) is 0 Å². The molecule has 1 aromatic heterocycles. The summed E-state index contributed by atoms with van der Waals surface area (Å²) in [5.41, 5.74) is 7.36. The zero-order valence-electron chi connectivity index (χ0n) is 11.3. The molecule has 5 heteroatoms. The van der Waals surface area contributed by atoms with E-state index in [0.29, 0.717) is 13.2 Å². The average molecular weight is 304 g/mol. The van der Waals surface area contributed by atoms with Gasteiger partial charge in [-0.05, 0) is 25.1 Å². The first kappa shape index (κ1) is 14.9. The fraction of sp³-hybridized carbons (Fsp3) is 0.267. The molecule has 0 saturated heterocycles. The molecule has 1 heterocycles. The number of aryl methyl sites for hydroxylation is 1. The number of ether oxygens (including phenoxy) is 1. The minimum atomic E-state index is 0.370. The summed E-state index contributed by atoms with van der Waals surface area (Å²) in [5, 5.41) is 2.06. The van der Waals surface area contributed by atoms with Crippen LogP contribution in [0.15, 0.2) is 34.0 Å². The van der Waals surface area contributed by atoms with Gasteiger partial charge < -0.3 is 10.5 Å². The molecule has 3 nitrogen and oxygen atoms in total. The van der Waals surface area contributed by atoms with E-state index < -0.39 is 0 Å². The van der Waals surface area contributed by atoms with Crippen molar-refractivity contribution in [2.75, 3.05) is 18.9 Å². The maximum atomic E-state index is 5.71. The number of thiazole rings is 1. The van der Waals surface area contributed by atoms with Gasteiger partial charge in [0.15, 0.2) is 0 Å². The van der Waals surface area contributed by atoms with Gasteiger partial charge in [0, 0.05) is 22.4 Å². The first-order valence-corrected chi connectivity index (χ1v) is 8.11. The molecule has 0 aliphatic carbocycles. The largest absolute Gasteiger partial charge is 0.493 e. The highest BCUT2D eigenvalue weighted by molar-refractivity contribution is 8.01. The third-order valence-corrected chi connectivity index (χ3v) is 4.45. The van der Waals surface area contributed by atoms with Gasteiger partial charge in [0.25, 0.3) is 0 Å². The molecule has 2 rings (SSSR count). The van der Waals surface area contributed by atoms with Crippen molar-refractivity contribution in [2.24, 2.45) is 5.73 Å². The fourth-order valence-corrected chi connectivity index (χ4v) is 3.24. The maximum absolute atomic E-state index is 5.71. The second-order valence-electron chi connectivity index (χ2n) is 3.99. The summed E-state index contributed by atoms with van der Waals surface area (Å²) >= 11 is 3.39. The van der Waals surface area contributed by atoms with Crippen LogP contribution in [-0.2, 0) is 0 Å². The van der Waals surface area contributed by atoms with Gasteiger partial charge in [0.05, 0.1) is 13.2 Å². The van der Waals surface area contributed by atoms with Crippen LogP contribution in [0.3, 0.4) is 0 Å². The molecule has 0 spiro atoms. The van der Waals surface area contributed by atoms with Crippen molar-refractivity contribution in [1.29, 1.82) is 0 Å². The van der Waals surface area contributed by atoms with Gasteiger partial charge in [0.1, 0.15) is 10.1 Å². The Bertz CT molecular complexity index is 614. The number of nitrogens with zero attached hydrogens (tertiary/aromatic N) is 1. The monoisotopic (exact) mass is 304 g/mol. The molecule has 0 radical (unpaired) electrons. The highest BCUT2D eigenvalue weighted by atomic mass is 32.2. The van der Waals surface area contributed by atoms with Crippen LogP contribution in [0, 0.1) is 18.8 Å². The highest BCUT2D eigenvalue weighted by Gasteiger charge is 2.00. The Balaban J connectivity index is 1.79. The molecule has 20 heavy (non-hydrogen) atoms. The summed E-state index contributed by atoms with van der Waals surface area (Å²) in [7, 11) is 0. The number of thioether (sulfide) groups is 1. The minimum absolute atomic E-state index is 0.370. The smallest absolute Gasteiger partial charge is 0.150 e. The normalized spacial score (nSPS) is 9.90. The minimum Gasteiger partial charge on any atom is -0.493 e. The predicted molar refractivity (Wildman–Crippen MR) is 85.4 cm³/mol. The van der Waals surface area contributed by atoms with Crippen LogP contribution in [0.5, 0.6) is 5.75 Å². The van der Waals surface area contributed by atoms with Crippen LogP contribution in [-0.4, -0.2) is 23.9 Å². The molecule has 0 atom stereocenters. The first-order chi connectivity index (χ1) is 9.78. The van der Waals surface area contributed by atoms with Crippen LogP contribution < -0.4 is 10.5 Å². The number of rotatable bonds is 5. The van der Waals surface area contributed by atoms with Crippen molar-refractivity contribution in [3.8, 4) is 17.6 Å². The highest BCUT2D eigenvalue weighted by Crippen LogP contribution is 2.22. The zero-order valence-corrected chi connectivity index (χ0v) is 12.9. The van der Waals surface area contributed by atoms with Gasteiger partial charge in [-0.3, -0.25) is 0 Å². The topological polar surface area (TPSA) is 48.1 Å². The summed E-state index contributed by atoms with van der Waals surface area (Å²) in [6.07, 6.45) is 0. The van der Waals surface area contributed by atoms with Gasteiger partial charge in [0.2, 0.25) is 0 Å². The fourth-order valence-electron chi connectivity index (χ4n) is 1.50. The van der Waals surface area contributed by atoms with E-state index in [4.69, 9.17) is 10.5 Å². The van der Waals surface area contributed by atoms with Gasteiger partial charge >= 0.3 is 0 Å². The van der Waals surface area contributed by atoms with Gasteiger partial charge in [-0.2, -0.15) is 0 Å². The molecular formula is C15H16N2OS2. The molecule has 104 valence electrons. The summed E-state index contributed by atoms with van der Waals surface area (Å²) in [6, 6.07) is 7.75. The summed E-state index contributed by atoms with van der Waals surface area (Å²) in [6.45, 7) is 3.02. The van der Waals surface area contributed by atoms with Crippen molar-refractivity contribution in [2.45, 2.75) is 11.3 Å². The quantitative estimate of drug-likeness (QED) is 0.524. The van der Waals surface area contributed by atoms with Crippen LogP contribution in [0.2, 0.25) is 0 Å². The van der Waals surface area contributed by atoms with E-state index in [1.165, 1.54) is 0 Å². The number of hydrogen-bond acceptors (Lipinski definition) is 5. The SMILES string of the molecule is Cc1csc(SCCOc2cccc(C#CCN)c2)n1. The number of benzene rings is 1. The molecule has 0 unspecified atom stereocenters. The summed E-state index contributed by atoms with van der Waals surface area (Å²) < 4.78 is 6.80. The second-order valence-corrected chi connectivity index (χ2v) is 6.19. The number of aromatic nitrogens is 1. The molecule has 2 N–H and O–H groups in total.